The van der Waals surface area contributed by atoms with Gasteiger partial charge in [0.15, 0.2) is 0 Å². The predicted octanol–water partition coefficient (Wildman–Crippen LogP) is 2.27. The van der Waals surface area contributed by atoms with Crippen molar-refractivity contribution >= 4 is 27.8 Å². The summed E-state index contributed by atoms with van der Waals surface area (Å²) in [5, 5.41) is 2.43. The van der Waals surface area contributed by atoms with Gasteiger partial charge in [0.05, 0.1) is 6.61 Å². The number of benzene rings is 1. The summed E-state index contributed by atoms with van der Waals surface area (Å²) in [6, 6.07) is 3.03. The molecule has 1 N–H and O–H groups in total. The van der Waals surface area contributed by atoms with Crippen molar-refractivity contribution in [3.8, 4) is 0 Å². The molecule has 0 fully saturated rings. The zero-order valence-electron chi connectivity index (χ0n) is 10.00. The predicted molar refractivity (Wildman–Crippen MR) is 67.7 cm³/mol. The fourth-order valence-corrected chi connectivity index (χ4v) is 1.76. The van der Waals surface area contributed by atoms with E-state index in [9.17, 15) is 14.0 Å². The van der Waals surface area contributed by atoms with Crippen LogP contribution in [0.5, 0.6) is 0 Å². The molecule has 0 aromatic heterocycles. The number of carbonyl (C=O) groups excluding carboxylic acids is 2. The molecule has 0 radical (unpaired) electrons. The fraction of sp³-hybridized carbons (Fsp3) is 0.333. The Morgan fingerprint density at radius 2 is 2.11 bits per heavy atom. The lowest BCUT2D eigenvalue weighted by Gasteiger charge is -2.12. The Morgan fingerprint density at radius 1 is 1.44 bits per heavy atom. The molecule has 1 unspecified atom stereocenters. The Hall–Kier alpha value is -1.43. The maximum absolute atomic E-state index is 13.1. The number of halogens is 2. The number of nitrogens with one attached hydrogen (secondary N) is 1. The molecule has 1 atom stereocenters. The number of hydrogen-bond donors (Lipinski definition) is 1. The molecule has 1 aromatic rings. The van der Waals surface area contributed by atoms with Crippen molar-refractivity contribution in [3.05, 3.63) is 34.1 Å². The lowest BCUT2D eigenvalue weighted by molar-refractivity contribution is -0.144. The molecule has 0 saturated carbocycles. The normalized spacial score (nSPS) is 11.8. The Morgan fingerprint density at radius 3 is 2.67 bits per heavy atom. The largest absolute Gasteiger partial charge is 0.464 e. The highest BCUT2D eigenvalue weighted by molar-refractivity contribution is 9.10. The van der Waals surface area contributed by atoms with Gasteiger partial charge < -0.3 is 10.1 Å². The molecule has 0 aliphatic carbocycles. The zero-order valence-corrected chi connectivity index (χ0v) is 11.6. The molecule has 0 heterocycles. The number of rotatable bonds is 4. The topological polar surface area (TPSA) is 55.4 Å². The summed E-state index contributed by atoms with van der Waals surface area (Å²) in [6.45, 7) is 3.42. The molecule has 0 aliphatic heterocycles. The van der Waals surface area contributed by atoms with Crippen molar-refractivity contribution < 1.29 is 18.7 Å². The quantitative estimate of drug-likeness (QED) is 0.867. The van der Waals surface area contributed by atoms with Gasteiger partial charge >= 0.3 is 5.97 Å². The highest BCUT2D eigenvalue weighted by Gasteiger charge is 2.18. The first-order valence-electron chi connectivity index (χ1n) is 5.37. The third-order valence-corrected chi connectivity index (χ3v) is 2.57. The van der Waals surface area contributed by atoms with E-state index >= 15 is 0 Å². The average molecular weight is 318 g/mol. The number of ether oxygens (including phenoxy) is 1. The van der Waals surface area contributed by atoms with Crippen molar-refractivity contribution in [2.45, 2.75) is 19.9 Å². The lowest BCUT2D eigenvalue weighted by atomic mass is 10.2. The third-order valence-electron chi connectivity index (χ3n) is 2.11. The van der Waals surface area contributed by atoms with Crippen LogP contribution in [0.25, 0.3) is 0 Å². The molecule has 0 aliphatic rings. The molecular formula is C12H13BrFNO3. The van der Waals surface area contributed by atoms with Crippen molar-refractivity contribution in [3.63, 3.8) is 0 Å². The van der Waals surface area contributed by atoms with Gasteiger partial charge in [-0.1, -0.05) is 15.9 Å². The molecule has 0 spiro atoms. The van der Waals surface area contributed by atoms with Crippen LogP contribution in [0.15, 0.2) is 22.7 Å². The van der Waals surface area contributed by atoms with Crippen LogP contribution in [-0.4, -0.2) is 24.5 Å². The van der Waals surface area contributed by atoms with E-state index in [2.05, 4.69) is 21.2 Å². The number of carbonyl (C=O) groups is 2. The van der Waals surface area contributed by atoms with Crippen LogP contribution in [0.2, 0.25) is 0 Å². The molecule has 1 aromatic carbocycles. The van der Waals surface area contributed by atoms with E-state index in [0.717, 1.165) is 6.07 Å². The monoisotopic (exact) mass is 317 g/mol. The van der Waals surface area contributed by atoms with Crippen LogP contribution in [0.1, 0.15) is 24.2 Å². The van der Waals surface area contributed by atoms with Crippen LogP contribution in [-0.2, 0) is 9.53 Å². The van der Waals surface area contributed by atoms with Gasteiger partial charge in [-0.3, -0.25) is 4.79 Å². The fourth-order valence-electron chi connectivity index (χ4n) is 1.29. The Bertz CT molecular complexity index is 444. The standard InChI is InChI=1S/C12H13BrFNO3/c1-3-18-12(17)7(2)15-11(16)8-4-9(13)6-10(14)5-8/h4-7H,3H2,1-2H3,(H,15,16). The second kappa shape index (κ2) is 6.49. The van der Waals surface area contributed by atoms with Gasteiger partial charge in [0.1, 0.15) is 11.9 Å². The summed E-state index contributed by atoms with van der Waals surface area (Å²) >= 11 is 3.09. The smallest absolute Gasteiger partial charge is 0.328 e. The van der Waals surface area contributed by atoms with Crippen LogP contribution in [0.4, 0.5) is 4.39 Å². The van der Waals surface area contributed by atoms with E-state index in [-0.39, 0.29) is 12.2 Å². The average Bonchev–Trinajstić information content (AvgIpc) is 2.27. The molecule has 4 nitrogen and oxygen atoms in total. The van der Waals surface area contributed by atoms with Crippen LogP contribution >= 0.6 is 15.9 Å². The summed E-state index contributed by atoms with van der Waals surface area (Å²) in [6.07, 6.45) is 0. The SMILES string of the molecule is CCOC(=O)C(C)NC(=O)c1cc(F)cc(Br)c1. The van der Waals surface area contributed by atoms with E-state index in [0.29, 0.717) is 4.47 Å². The minimum absolute atomic E-state index is 0.137. The van der Waals surface area contributed by atoms with E-state index < -0.39 is 23.7 Å². The molecule has 1 amide bonds. The second-order valence-corrected chi connectivity index (χ2v) is 4.52. The summed E-state index contributed by atoms with van der Waals surface area (Å²) in [5.74, 6) is -1.59. The maximum atomic E-state index is 13.1. The van der Waals surface area contributed by atoms with Crippen molar-refractivity contribution in [2.75, 3.05) is 6.61 Å². The zero-order chi connectivity index (χ0) is 13.7. The highest BCUT2D eigenvalue weighted by Crippen LogP contribution is 2.14. The first-order chi connectivity index (χ1) is 8.43. The van der Waals surface area contributed by atoms with E-state index in [4.69, 9.17) is 4.74 Å². The molecule has 6 heteroatoms. The lowest BCUT2D eigenvalue weighted by Crippen LogP contribution is -2.39. The summed E-state index contributed by atoms with van der Waals surface area (Å²) in [4.78, 5) is 23.1. The van der Waals surface area contributed by atoms with Crippen molar-refractivity contribution in [2.24, 2.45) is 0 Å². The first kappa shape index (κ1) is 14.6. The number of esters is 1. The second-order valence-electron chi connectivity index (χ2n) is 3.61. The molecular weight excluding hydrogens is 305 g/mol. The van der Waals surface area contributed by atoms with Gasteiger partial charge in [-0.15, -0.1) is 0 Å². The minimum Gasteiger partial charge on any atom is -0.464 e. The van der Waals surface area contributed by atoms with Gasteiger partial charge in [0.25, 0.3) is 5.91 Å². The van der Waals surface area contributed by atoms with Gasteiger partial charge in [-0.2, -0.15) is 0 Å². The summed E-state index contributed by atoms with van der Waals surface area (Å²) < 4.78 is 18.3. The molecule has 0 bridgehead atoms. The van der Waals surface area contributed by atoms with Gasteiger partial charge in [0, 0.05) is 10.0 Å². The van der Waals surface area contributed by atoms with Crippen LogP contribution < -0.4 is 5.32 Å². The number of hydrogen-bond acceptors (Lipinski definition) is 3. The molecule has 18 heavy (non-hydrogen) atoms. The van der Waals surface area contributed by atoms with Crippen LogP contribution in [0.3, 0.4) is 0 Å². The van der Waals surface area contributed by atoms with Crippen molar-refractivity contribution in [1.82, 2.24) is 5.32 Å². The van der Waals surface area contributed by atoms with E-state index in [1.165, 1.54) is 19.1 Å². The molecule has 98 valence electrons. The van der Waals surface area contributed by atoms with Crippen molar-refractivity contribution in [1.29, 1.82) is 0 Å². The Balaban J connectivity index is 2.73. The minimum atomic E-state index is -0.778. The van der Waals surface area contributed by atoms with Gasteiger partial charge in [0.2, 0.25) is 0 Å². The van der Waals surface area contributed by atoms with Gasteiger partial charge in [-0.05, 0) is 32.0 Å². The maximum Gasteiger partial charge on any atom is 0.328 e. The molecule has 1 rings (SSSR count). The highest BCUT2D eigenvalue weighted by atomic mass is 79.9. The van der Waals surface area contributed by atoms with Crippen LogP contribution in [0, 0.1) is 5.82 Å². The van der Waals surface area contributed by atoms with E-state index in [1.54, 1.807) is 6.92 Å². The Kier molecular flexibility index (Phi) is 5.27. The van der Waals surface area contributed by atoms with Gasteiger partial charge in [-0.25, -0.2) is 9.18 Å². The summed E-state index contributed by atoms with van der Waals surface area (Å²) in [5.41, 5.74) is 0.137. The first-order valence-corrected chi connectivity index (χ1v) is 6.17. The summed E-state index contributed by atoms with van der Waals surface area (Å²) in [7, 11) is 0. The van der Waals surface area contributed by atoms with E-state index in [1.807, 2.05) is 0 Å². The number of amides is 1. The third kappa shape index (κ3) is 4.10. The molecule has 0 saturated heterocycles. The Labute approximate surface area is 113 Å².